The number of carbonyl (C=O) groups excluding carboxylic acids is 2. The molecule has 2 saturated heterocycles. The molecule has 0 spiro atoms. The number of ether oxygens (including phenoxy) is 2. The molecule has 48 heavy (non-hydrogen) atoms. The quantitative estimate of drug-likeness (QED) is 0.207. The van der Waals surface area contributed by atoms with Gasteiger partial charge in [0.15, 0.2) is 0 Å². The third-order valence-electron chi connectivity index (χ3n) is 9.96. The molecule has 2 fully saturated rings. The van der Waals surface area contributed by atoms with Crippen molar-refractivity contribution in [1.29, 1.82) is 0 Å². The number of carbonyl (C=O) groups is 2. The van der Waals surface area contributed by atoms with Crippen LogP contribution in [-0.2, 0) is 50.8 Å². The average molecular weight is 664 g/mol. The van der Waals surface area contributed by atoms with Gasteiger partial charge in [0.2, 0.25) is 0 Å². The fourth-order valence-electron chi connectivity index (χ4n) is 5.73. The van der Waals surface area contributed by atoms with Gasteiger partial charge in [-0.3, -0.25) is 19.4 Å². The SMILES string of the molecule is CCOC(=O)CN(CCN(CC(=O)OCC)Cc1ccccc1B1OC(C)(C)C(C)(C)O1)Cc1ccccc1B1OC(C)(C)C(C)(C)O1. The summed E-state index contributed by atoms with van der Waals surface area (Å²) in [5.74, 6) is -0.623. The molecule has 2 aliphatic rings. The Hall–Kier alpha value is -2.73. The number of hydrogen-bond donors (Lipinski definition) is 0. The van der Waals surface area contributed by atoms with E-state index in [4.69, 9.17) is 28.1 Å². The van der Waals surface area contributed by atoms with Gasteiger partial charge in [0.1, 0.15) is 0 Å². The van der Waals surface area contributed by atoms with Gasteiger partial charge < -0.3 is 28.1 Å². The third-order valence-corrected chi connectivity index (χ3v) is 9.96. The minimum atomic E-state index is -0.539. The second-order valence-electron chi connectivity index (χ2n) is 14.6. The molecular formula is C36H54B2N2O8. The van der Waals surface area contributed by atoms with Gasteiger partial charge in [0.05, 0.1) is 48.7 Å². The van der Waals surface area contributed by atoms with Crippen LogP contribution in [0.15, 0.2) is 48.5 Å². The van der Waals surface area contributed by atoms with Crippen LogP contribution in [0.4, 0.5) is 0 Å². The molecule has 0 aromatic heterocycles. The summed E-state index contributed by atoms with van der Waals surface area (Å²) < 4.78 is 36.3. The van der Waals surface area contributed by atoms with Crippen molar-refractivity contribution in [2.75, 3.05) is 39.4 Å². The van der Waals surface area contributed by atoms with E-state index in [1.54, 1.807) is 13.8 Å². The van der Waals surface area contributed by atoms with Crippen LogP contribution >= 0.6 is 0 Å². The van der Waals surface area contributed by atoms with E-state index in [9.17, 15) is 9.59 Å². The zero-order chi connectivity index (χ0) is 35.3. The highest BCUT2D eigenvalue weighted by atomic mass is 16.7. The minimum absolute atomic E-state index is 0.0866. The molecule has 0 bridgehead atoms. The van der Waals surface area contributed by atoms with Crippen molar-refractivity contribution in [3.63, 3.8) is 0 Å². The maximum absolute atomic E-state index is 12.8. The monoisotopic (exact) mass is 664 g/mol. The summed E-state index contributed by atoms with van der Waals surface area (Å²) in [6.07, 6.45) is 0. The number of benzene rings is 2. The lowest BCUT2D eigenvalue weighted by molar-refractivity contribution is -0.146. The Bertz CT molecular complexity index is 1280. The number of esters is 2. The van der Waals surface area contributed by atoms with E-state index >= 15 is 0 Å². The summed E-state index contributed by atoms with van der Waals surface area (Å²) in [4.78, 5) is 29.7. The van der Waals surface area contributed by atoms with Gasteiger partial charge in [-0.2, -0.15) is 0 Å². The molecule has 0 atom stereocenters. The van der Waals surface area contributed by atoms with Crippen LogP contribution in [-0.4, -0.2) is 97.8 Å². The minimum Gasteiger partial charge on any atom is -0.465 e. The second kappa shape index (κ2) is 15.4. The first kappa shape index (κ1) is 38.1. The van der Waals surface area contributed by atoms with Crippen molar-refractivity contribution in [2.24, 2.45) is 0 Å². The fourth-order valence-corrected chi connectivity index (χ4v) is 5.73. The van der Waals surface area contributed by atoms with Crippen molar-refractivity contribution in [2.45, 2.75) is 105 Å². The van der Waals surface area contributed by atoms with Crippen LogP contribution in [0.1, 0.15) is 80.4 Å². The Labute approximate surface area is 288 Å². The van der Waals surface area contributed by atoms with E-state index in [1.807, 2.05) is 114 Å². The number of nitrogens with zero attached hydrogens (tertiary/aromatic N) is 2. The van der Waals surface area contributed by atoms with Crippen molar-refractivity contribution >= 4 is 37.1 Å². The summed E-state index contributed by atoms with van der Waals surface area (Å²) >= 11 is 0. The van der Waals surface area contributed by atoms with Gasteiger partial charge in [-0.05, 0) is 91.3 Å². The lowest BCUT2D eigenvalue weighted by Crippen LogP contribution is -2.43. The Morgan fingerprint density at radius 3 is 1.21 bits per heavy atom. The van der Waals surface area contributed by atoms with Gasteiger partial charge in [-0.15, -0.1) is 0 Å². The van der Waals surface area contributed by atoms with Crippen LogP contribution in [0.25, 0.3) is 0 Å². The van der Waals surface area contributed by atoms with E-state index in [0.29, 0.717) is 39.4 Å². The first-order chi connectivity index (χ1) is 22.5. The zero-order valence-electron chi connectivity index (χ0n) is 30.6. The maximum Gasteiger partial charge on any atom is 0.495 e. The molecule has 2 heterocycles. The van der Waals surface area contributed by atoms with E-state index in [1.165, 1.54) is 0 Å². The van der Waals surface area contributed by atoms with Crippen LogP contribution in [0.3, 0.4) is 0 Å². The number of hydrogen-bond acceptors (Lipinski definition) is 10. The average Bonchev–Trinajstić information content (AvgIpc) is 3.35. The maximum atomic E-state index is 12.8. The molecule has 0 amide bonds. The van der Waals surface area contributed by atoms with E-state index in [-0.39, 0.29) is 25.0 Å². The molecule has 4 rings (SSSR count). The summed E-state index contributed by atoms with van der Waals surface area (Å²) in [6, 6.07) is 16.0. The number of rotatable bonds is 15. The molecule has 262 valence electrons. The standard InChI is InChI=1S/C36H54B2N2O8/c1-11-43-31(41)25-39(23-27-17-13-15-19-29(27)37-45-33(3,4)34(5,6)46-37)21-22-40(26-32(42)44-12-2)24-28-18-14-16-20-30(28)38-47-35(7,8)36(9,10)48-38/h13-20H,11-12,21-26H2,1-10H3. The molecule has 2 aromatic rings. The Morgan fingerprint density at radius 2 is 0.896 bits per heavy atom. The van der Waals surface area contributed by atoms with Crippen LogP contribution in [0.2, 0.25) is 0 Å². The van der Waals surface area contributed by atoms with Gasteiger partial charge >= 0.3 is 26.2 Å². The Balaban J connectivity index is 1.57. The van der Waals surface area contributed by atoms with Gasteiger partial charge in [0, 0.05) is 26.2 Å². The molecule has 2 aliphatic heterocycles. The summed E-state index contributed by atoms with van der Waals surface area (Å²) in [7, 11) is -1.08. The highest BCUT2D eigenvalue weighted by Crippen LogP contribution is 2.37. The molecule has 0 radical (unpaired) electrons. The molecule has 0 aliphatic carbocycles. The summed E-state index contributed by atoms with van der Waals surface area (Å²) in [5, 5.41) is 0. The topological polar surface area (TPSA) is 96.0 Å². The molecule has 10 nitrogen and oxygen atoms in total. The normalized spacial score (nSPS) is 19.2. The Morgan fingerprint density at radius 1 is 0.583 bits per heavy atom. The van der Waals surface area contributed by atoms with E-state index in [0.717, 1.165) is 22.1 Å². The lowest BCUT2D eigenvalue weighted by atomic mass is 9.75. The first-order valence-corrected chi connectivity index (χ1v) is 17.1. The van der Waals surface area contributed by atoms with Gasteiger partial charge in [-0.25, -0.2) is 0 Å². The van der Waals surface area contributed by atoms with Gasteiger partial charge in [-0.1, -0.05) is 48.5 Å². The molecule has 2 aromatic carbocycles. The Kier molecular flexibility index (Phi) is 12.2. The molecular weight excluding hydrogens is 610 g/mol. The van der Waals surface area contributed by atoms with Crippen LogP contribution < -0.4 is 10.9 Å². The summed E-state index contributed by atoms with van der Waals surface area (Å²) in [6.45, 7) is 22.5. The van der Waals surface area contributed by atoms with Crippen molar-refractivity contribution < 1.29 is 37.7 Å². The second-order valence-corrected chi connectivity index (χ2v) is 14.6. The van der Waals surface area contributed by atoms with Gasteiger partial charge in [0.25, 0.3) is 0 Å². The van der Waals surface area contributed by atoms with Crippen molar-refractivity contribution in [3.8, 4) is 0 Å². The highest BCUT2D eigenvalue weighted by Gasteiger charge is 2.53. The van der Waals surface area contributed by atoms with Crippen LogP contribution in [0, 0.1) is 0 Å². The highest BCUT2D eigenvalue weighted by molar-refractivity contribution is 6.63. The van der Waals surface area contributed by atoms with Crippen molar-refractivity contribution in [3.05, 3.63) is 59.7 Å². The molecule has 0 unspecified atom stereocenters. The third kappa shape index (κ3) is 9.08. The van der Waals surface area contributed by atoms with E-state index in [2.05, 4.69) is 0 Å². The molecule has 0 saturated carbocycles. The molecule has 12 heteroatoms. The predicted octanol–water partition coefficient (Wildman–Crippen LogP) is 3.72. The van der Waals surface area contributed by atoms with Crippen LogP contribution in [0.5, 0.6) is 0 Å². The molecule has 0 N–H and O–H groups in total. The fraction of sp³-hybridized carbons (Fsp3) is 0.611. The first-order valence-electron chi connectivity index (χ1n) is 17.1. The van der Waals surface area contributed by atoms with E-state index < -0.39 is 36.6 Å². The largest absolute Gasteiger partial charge is 0.495 e. The van der Waals surface area contributed by atoms with Crippen molar-refractivity contribution in [1.82, 2.24) is 9.80 Å². The predicted molar refractivity (Wildman–Crippen MR) is 188 cm³/mol. The zero-order valence-corrected chi connectivity index (χ0v) is 30.6. The summed E-state index contributed by atoms with van der Waals surface area (Å²) in [5.41, 5.74) is 1.87. The lowest BCUT2D eigenvalue weighted by Gasteiger charge is -2.32. The smallest absolute Gasteiger partial charge is 0.465 e.